The van der Waals surface area contributed by atoms with Gasteiger partial charge in [0.15, 0.2) is 0 Å². The molecule has 1 fully saturated rings. The first-order chi connectivity index (χ1) is 13.6. The van der Waals surface area contributed by atoms with Crippen LogP contribution in [0.2, 0.25) is 0 Å². The lowest BCUT2D eigenvalue weighted by Crippen LogP contribution is -2.38. The predicted octanol–water partition coefficient (Wildman–Crippen LogP) is 6.71. The van der Waals surface area contributed by atoms with Crippen LogP contribution in [0.3, 0.4) is 0 Å². The van der Waals surface area contributed by atoms with Crippen molar-refractivity contribution < 1.29 is 0 Å². The predicted molar refractivity (Wildman–Crippen MR) is 125 cm³/mol. The zero-order chi connectivity index (χ0) is 19.8. The molecular weight excluding hydrogens is 408 g/mol. The first-order valence-corrected chi connectivity index (χ1v) is 11.6. The number of hydrogen-bond acceptors (Lipinski definition) is 2. The van der Waals surface area contributed by atoms with Crippen molar-refractivity contribution in [3.63, 3.8) is 0 Å². The van der Waals surface area contributed by atoms with E-state index in [1.54, 1.807) is 0 Å². The van der Waals surface area contributed by atoms with Gasteiger partial charge in [-0.1, -0.05) is 52.7 Å². The molecule has 0 aliphatic heterocycles. The molecule has 1 aliphatic carbocycles. The molecule has 28 heavy (non-hydrogen) atoms. The minimum absolute atomic E-state index is 0.676. The van der Waals surface area contributed by atoms with Gasteiger partial charge in [0.1, 0.15) is 0 Å². The van der Waals surface area contributed by atoms with E-state index in [1.807, 2.05) is 0 Å². The summed E-state index contributed by atoms with van der Waals surface area (Å²) >= 11 is 3.59. The second kappa shape index (κ2) is 11.0. The van der Waals surface area contributed by atoms with Crippen molar-refractivity contribution in [1.29, 1.82) is 0 Å². The van der Waals surface area contributed by atoms with E-state index >= 15 is 0 Å². The highest BCUT2D eigenvalue weighted by molar-refractivity contribution is 9.10. The first-order valence-electron chi connectivity index (χ1n) is 10.9. The Kier molecular flexibility index (Phi) is 8.42. The van der Waals surface area contributed by atoms with Crippen molar-refractivity contribution in [1.82, 2.24) is 4.90 Å². The topological polar surface area (TPSA) is 6.48 Å². The molecule has 0 saturated heterocycles. The maximum Gasteiger partial charge on any atom is 0.0369 e. The van der Waals surface area contributed by atoms with E-state index < -0.39 is 0 Å². The monoisotopic (exact) mass is 442 g/mol. The average Bonchev–Trinajstić information content (AvgIpc) is 2.72. The molecule has 152 valence electrons. The van der Waals surface area contributed by atoms with Gasteiger partial charge in [0, 0.05) is 22.7 Å². The van der Waals surface area contributed by atoms with E-state index in [4.69, 9.17) is 0 Å². The fourth-order valence-electron chi connectivity index (χ4n) is 4.49. The van der Waals surface area contributed by atoms with Gasteiger partial charge >= 0.3 is 0 Å². The van der Waals surface area contributed by atoms with E-state index in [1.165, 1.54) is 69.3 Å². The molecule has 0 heterocycles. The fourth-order valence-corrected chi connectivity index (χ4v) is 4.75. The van der Waals surface area contributed by atoms with Crippen molar-refractivity contribution in [2.45, 2.75) is 56.9 Å². The number of anilines is 1. The largest absolute Gasteiger partial charge is 0.369 e. The molecule has 2 aromatic rings. The molecule has 0 spiro atoms. The molecular formula is C25H35BrN2. The van der Waals surface area contributed by atoms with E-state index in [0.29, 0.717) is 6.04 Å². The van der Waals surface area contributed by atoms with Gasteiger partial charge in [-0.25, -0.2) is 0 Å². The van der Waals surface area contributed by atoms with Gasteiger partial charge in [-0.05, 0) is 94.9 Å². The van der Waals surface area contributed by atoms with Crippen molar-refractivity contribution in [2.75, 3.05) is 32.1 Å². The Morgan fingerprint density at radius 2 is 1.43 bits per heavy atom. The van der Waals surface area contributed by atoms with Crippen LogP contribution in [0, 0.1) is 0 Å². The summed E-state index contributed by atoms with van der Waals surface area (Å²) in [6.45, 7) is 2.37. The summed E-state index contributed by atoms with van der Waals surface area (Å²) in [4.78, 5) is 4.99. The van der Waals surface area contributed by atoms with Gasteiger partial charge in [-0.15, -0.1) is 0 Å². The number of unbranched alkanes of at least 4 members (excludes halogenated alkanes) is 2. The van der Waals surface area contributed by atoms with E-state index in [9.17, 15) is 0 Å². The van der Waals surface area contributed by atoms with Crippen LogP contribution >= 0.6 is 15.9 Å². The molecule has 1 saturated carbocycles. The normalized spacial score (nSPS) is 19.7. The number of rotatable bonds is 9. The first kappa shape index (κ1) is 21.4. The van der Waals surface area contributed by atoms with Crippen molar-refractivity contribution in [3.8, 4) is 0 Å². The smallest absolute Gasteiger partial charge is 0.0369 e. The summed E-state index contributed by atoms with van der Waals surface area (Å²) in [5.41, 5.74) is 2.92. The molecule has 2 aromatic carbocycles. The molecule has 0 unspecified atom stereocenters. The molecule has 2 nitrogen and oxygen atoms in total. The van der Waals surface area contributed by atoms with Gasteiger partial charge in [0.2, 0.25) is 0 Å². The Morgan fingerprint density at radius 1 is 0.786 bits per heavy atom. The lowest BCUT2D eigenvalue weighted by molar-refractivity contribution is 0.368. The highest BCUT2D eigenvalue weighted by Gasteiger charge is 2.26. The minimum Gasteiger partial charge on any atom is -0.369 e. The molecule has 3 rings (SSSR count). The van der Waals surface area contributed by atoms with Crippen LogP contribution in [-0.4, -0.2) is 38.1 Å². The van der Waals surface area contributed by atoms with Crippen molar-refractivity contribution in [2.24, 2.45) is 0 Å². The summed E-state index contributed by atoms with van der Waals surface area (Å²) < 4.78 is 1.16. The van der Waals surface area contributed by atoms with Crippen LogP contribution in [0.25, 0.3) is 0 Å². The van der Waals surface area contributed by atoms with Gasteiger partial charge in [-0.3, -0.25) is 0 Å². The summed E-state index contributed by atoms with van der Waals surface area (Å²) in [7, 11) is 4.33. The Morgan fingerprint density at radius 3 is 2.07 bits per heavy atom. The van der Waals surface area contributed by atoms with Crippen LogP contribution < -0.4 is 4.90 Å². The highest BCUT2D eigenvalue weighted by Crippen LogP contribution is 2.36. The highest BCUT2D eigenvalue weighted by atomic mass is 79.9. The van der Waals surface area contributed by atoms with Gasteiger partial charge in [0.25, 0.3) is 0 Å². The Bertz CT molecular complexity index is 675. The van der Waals surface area contributed by atoms with E-state index in [0.717, 1.165) is 10.4 Å². The van der Waals surface area contributed by atoms with Crippen molar-refractivity contribution in [3.05, 3.63) is 64.6 Å². The second-order valence-electron chi connectivity index (χ2n) is 8.45. The lowest BCUT2D eigenvalue weighted by atomic mass is 9.81. The summed E-state index contributed by atoms with van der Waals surface area (Å²) in [6, 6.07) is 20.7. The number of nitrogens with zero attached hydrogens (tertiary/aromatic N) is 2. The zero-order valence-corrected chi connectivity index (χ0v) is 19.1. The number of benzene rings is 2. The zero-order valence-electron chi connectivity index (χ0n) is 17.5. The van der Waals surface area contributed by atoms with E-state index in [2.05, 4.69) is 94.4 Å². The van der Waals surface area contributed by atoms with Crippen LogP contribution in [-0.2, 0) is 0 Å². The van der Waals surface area contributed by atoms with Gasteiger partial charge in [0.05, 0.1) is 0 Å². The summed E-state index contributed by atoms with van der Waals surface area (Å²) in [5.74, 6) is 0.740. The third-order valence-electron chi connectivity index (χ3n) is 6.07. The SMILES string of the molecule is CN(C)CCCCCN(c1ccc(Br)cc1)C1CCC(c2ccccc2)CC1. The molecule has 0 amide bonds. The van der Waals surface area contributed by atoms with Crippen LogP contribution in [0.15, 0.2) is 59.1 Å². The molecule has 0 aromatic heterocycles. The van der Waals surface area contributed by atoms with Crippen molar-refractivity contribution >= 4 is 21.6 Å². The number of halogens is 1. The van der Waals surface area contributed by atoms with Gasteiger partial charge < -0.3 is 9.80 Å². The fraction of sp³-hybridized carbons (Fsp3) is 0.520. The molecule has 0 radical (unpaired) electrons. The van der Waals surface area contributed by atoms with E-state index in [-0.39, 0.29) is 0 Å². The Hall–Kier alpha value is -1.32. The van der Waals surface area contributed by atoms with Gasteiger partial charge in [-0.2, -0.15) is 0 Å². The third kappa shape index (κ3) is 6.35. The minimum atomic E-state index is 0.676. The third-order valence-corrected chi connectivity index (χ3v) is 6.60. The maximum atomic E-state index is 3.59. The standard InChI is InChI=1S/C25H35BrN2/c1-27(2)19-7-4-8-20-28(25-17-13-23(26)14-18-25)24-15-11-22(12-16-24)21-9-5-3-6-10-21/h3,5-6,9-10,13-14,17-18,22,24H,4,7-8,11-12,15-16,19-20H2,1-2H3. The number of hydrogen-bond donors (Lipinski definition) is 0. The molecule has 1 aliphatic rings. The molecule has 0 N–H and O–H groups in total. The maximum absolute atomic E-state index is 3.59. The summed E-state index contributed by atoms with van der Waals surface area (Å²) in [6.07, 6.45) is 9.10. The lowest BCUT2D eigenvalue weighted by Gasteiger charge is -2.39. The molecule has 0 atom stereocenters. The van der Waals surface area contributed by atoms with Crippen LogP contribution in [0.5, 0.6) is 0 Å². The quantitative estimate of drug-likeness (QED) is 0.397. The molecule has 3 heteroatoms. The average molecular weight is 443 g/mol. The Balaban J connectivity index is 1.59. The molecule has 0 bridgehead atoms. The second-order valence-corrected chi connectivity index (χ2v) is 9.37. The summed E-state index contributed by atoms with van der Waals surface area (Å²) in [5, 5.41) is 0. The van der Waals surface area contributed by atoms with Crippen LogP contribution in [0.4, 0.5) is 5.69 Å². The Labute approximate surface area is 180 Å². The van der Waals surface area contributed by atoms with Crippen LogP contribution in [0.1, 0.15) is 56.4 Å².